The first-order valence-electron chi connectivity index (χ1n) is 3.25. The van der Waals surface area contributed by atoms with Gasteiger partial charge in [0, 0.05) is 6.42 Å². The number of rotatable bonds is 4. The molecule has 0 aromatic heterocycles. The molecule has 0 saturated heterocycles. The van der Waals surface area contributed by atoms with Gasteiger partial charge in [0.1, 0.15) is 6.07 Å². The molecule has 3 nitrogen and oxygen atoms in total. The van der Waals surface area contributed by atoms with E-state index in [2.05, 4.69) is 0 Å². The molecule has 56 valence electrons. The Kier molecular flexibility index (Phi) is 5.10. The lowest BCUT2D eigenvalue weighted by atomic mass is 10.4. The zero-order valence-corrected chi connectivity index (χ0v) is 7.10. The highest BCUT2D eigenvalue weighted by Crippen LogP contribution is 2.30. The van der Waals surface area contributed by atoms with Gasteiger partial charge in [0.15, 0.2) is 0 Å². The van der Waals surface area contributed by atoms with Gasteiger partial charge in [-0.25, -0.2) is 0 Å². The van der Waals surface area contributed by atoms with Crippen molar-refractivity contribution in [3.8, 4) is 6.07 Å². The molecule has 0 aromatic carbocycles. The van der Waals surface area contributed by atoms with Crippen molar-refractivity contribution in [2.75, 3.05) is 6.61 Å². The summed E-state index contributed by atoms with van der Waals surface area (Å²) in [6.45, 7) is 3.99. The Labute approximate surface area is 61.9 Å². The van der Waals surface area contributed by atoms with Crippen LogP contribution >= 0.6 is 8.03 Å². The normalized spacial score (nSPS) is 13.9. The molecular formula is C6H11NO2P+. The lowest BCUT2D eigenvalue weighted by molar-refractivity contribution is 0.346. The van der Waals surface area contributed by atoms with Gasteiger partial charge >= 0.3 is 8.03 Å². The first-order valence-corrected chi connectivity index (χ1v) is 4.49. The highest BCUT2D eigenvalue weighted by Gasteiger charge is 2.29. The maximum absolute atomic E-state index is 10.9. The number of nitriles is 1. The smallest absolute Gasteiger partial charge is 0.193 e. The van der Waals surface area contributed by atoms with Crippen LogP contribution in [0.1, 0.15) is 20.3 Å². The second kappa shape index (κ2) is 5.34. The Balaban J connectivity index is 3.80. The second-order valence-corrected chi connectivity index (χ2v) is 3.21. The van der Waals surface area contributed by atoms with E-state index >= 15 is 0 Å². The fraction of sp³-hybridized carbons (Fsp3) is 0.833. The highest BCUT2D eigenvalue weighted by atomic mass is 31.1. The summed E-state index contributed by atoms with van der Waals surface area (Å²) in [6.07, 6.45) is 0.589. The predicted molar refractivity (Wildman–Crippen MR) is 38.9 cm³/mol. The average molecular weight is 160 g/mol. The fourth-order valence-corrected chi connectivity index (χ4v) is 1.33. The molecule has 2 atom stereocenters. The Morgan fingerprint density at radius 1 is 1.70 bits per heavy atom. The molecule has 0 aliphatic carbocycles. The molecule has 10 heavy (non-hydrogen) atoms. The zero-order valence-electron chi connectivity index (χ0n) is 6.20. The van der Waals surface area contributed by atoms with Crippen LogP contribution in [0.5, 0.6) is 0 Å². The summed E-state index contributed by atoms with van der Waals surface area (Å²) in [5.74, 6) is 0. The van der Waals surface area contributed by atoms with Crippen molar-refractivity contribution in [1.82, 2.24) is 0 Å². The molecule has 0 fully saturated rings. The molecule has 0 heterocycles. The van der Waals surface area contributed by atoms with Crippen LogP contribution in [-0.4, -0.2) is 12.3 Å². The molecular weight excluding hydrogens is 149 g/mol. The number of hydrogen-bond acceptors (Lipinski definition) is 3. The minimum atomic E-state index is -1.76. The van der Waals surface area contributed by atoms with Crippen LogP contribution in [0.25, 0.3) is 0 Å². The predicted octanol–water partition coefficient (Wildman–Crippen LogP) is 2.07. The van der Waals surface area contributed by atoms with Crippen molar-refractivity contribution < 1.29 is 9.09 Å². The van der Waals surface area contributed by atoms with E-state index in [1.807, 2.05) is 13.0 Å². The first-order chi connectivity index (χ1) is 4.76. The van der Waals surface area contributed by atoms with Crippen LogP contribution in [0, 0.1) is 11.3 Å². The summed E-state index contributed by atoms with van der Waals surface area (Å²) in [4.78, 5) is 0. The van der Waals surface area contributed by atoms with Crippen molar-refractivity contribution in [2.45, 2.75) is 25.9 Å². The Hall–Kier alpha value is -0.450. The van der Waals surface area contributed by atoms with E-state index < -0.39 is 13.7 Å². The molecule has 0 aliphatic rings. The molecule has 2 unspecified atom stereocenters. The second-order valence-electron chi connectivity index (χ2n) is 1.76. The van der Waals surface area contributed by atoms with Crippen LogP contribution in [-0.2, 0) is 9.09 Å². The summed E-state index contributed by atoms with van der Waals surface area (Å²) in [5, 5.41) is 8.41. The Bertz CT molecular complexity index is 152. The lowest BCUT2D eigenvalue weighted by Gasteiger charge is -1.88. The number of hydrogen-bond donors (Lipinski definition) is 0. The minimum Gasteiger partial charge on any atom is -0.193 e. The van der Waals surface area contributed by atoms with Crippen molar-refractivity contribution in [1.29, 1.82) is 5.26 Å². The number of nitrogens with zero attached hydrogens (tertiary/aromatic N) is 1. The summed E-state index contributed by atoms with van der Waals surface area (Å²) < 4.78 is 15.7. The van der Waals surface area contributed by atoms with Gasteiger partial charge in [-0.1, -0.05) is 6.92 Å². The van der Waals surface area contributed by atoms with Crippen LogP contribution in [0.4, 0.5) is 0 Å². The Morgan fingerprint density at radius 2 is 2.30 bits per heavy atom. The molecule has 0 rings (SSSR count). The zero-order chi connectivity index (χ0) is 7.98. The summed E-state index contributed by atoms with van der Waals surface area (Å²) in [5.41, 5.74) is -0.435. The van der Waals surface area contributed by atoms with Gasteiger partial charge in [0.25, 0.3) is 5.66 Å². The van der Waals surface area contributed by atoms with Gasteiger partial charge in [-0.05, 0) is 11.5 Å². The Morgan fingerprint density at radius 3 is 2.60 bits per heavy atom. The minimum absolute atomic E-state index is 0.410. The van der Waals surface area contributed by atoms with Crippen molar-refractivity contribution in [3.63, 3.8) is 0 Å². The molecule has 4 heteroatoms. The maximum Gasteiger partial charge on any atom is 0.526 e. The molecule has 0 N–H and O–H groups in total. The van der Waals surface area contributed by atoms with E-state index in [9.17, 15) is 4.57 Å². The largest absolute Gasteiger partial charge is 0.526 e. The van der Waals surface area contributed by atoms with E-state index in [1.165, 1.54) is 0 Å². The molecule has 0 spiro atoms. The third kappa shape index (κ3) is 2.91. The first kappa shape index (κ1) is 9.55. The van der Waals surface area contributed by atoms with E-state index in [0.29, 0.717) is 13.0 Å². The third-order valence-corrected chi connectivity index (χ3v) is 2.55. The van der Waals surface area contributed by atoms with Crippen LogP contribution in [0.2, 0.25) is 0 Å². The van der Waals surface area contributed by atoms with Crippen LogP contribution in [0.3, 0.4) is 0 Å². The van der Waals surface area contributed by atoms with E-state index in [1.54, 1.807) is 6.92 Å². The van der Waals surface area contributed by atoms with E-state index in [4.69, 9.17) is 9.79 Å². The molecule has 0 saturated carbocycles. The molecule has 0 bridgehead atoms. The summed E-state index contributed by atoms with van der Waals surface area (Å²) in [7, 11) is -1.76. The van der Waals surface area contributed by atoms with Gasteiger partial charge < -0.3 is 0 Å². The van der Waals surface area contributed by atoms with Crippen molar-refractivity contribution in [3.05, 3.63) is 0 Å². The third-order valence-electron chi connectivity index (χ3n) is 1.05. The standard InChI is InChI=1S/C6H11NO2P/c1-3-6(5-7)10(8)9-4-2/h6H,3-4H2,1-2H3/q+1. The highest BCUT2D eigenvalue weighted by molar-refractivity contribution is 7.40. The van der Waals surface area contributed by atoms with Gasteiger partial charge in [-0.15, -0.1) is 4.52 Å². The fourth-order valence-electron chi connectivity index (χ4n) is 0.505. The SMILES string of the molecule is CCO[P+](=O)C(C#N)CC. The van der Waals surface area contributed by atoms with Gasteiger partial charge in [0.2, 0.25) is 0 Å². The van der Waals surface area contributed by atoms with Crippen LogP contribution in [0.15, 0.2) is 0 Å². The average Bonchev–Trinajstić information content (AvgIpc) is 1.91. The molecule has 0 amide bonds. The van der Waals surface area contributed by atoms with Gasteiger partial charge in [-0.2, -0.15) is 5.26 Å². The molecule has 0 radical (unpaired) electrons. The van der Waals surface area contributed by atoms with Crippen molar-refractivity contribution in [2.24, 2.45) is 0 Å². The summed E-state index contributed by atoms with van der Waals surface area (Å²) >= 11 is 0. The van der Waals surface area contributed by atoms with E-state index in [0.717, 1.165) is 0 Å². The van der Waals surface area contributed by atoms with E-state index in [-0.39, 0.29) is 0 Å². The van der Waals surface area contributed by atoms with Crippen LogP contribution < -0.4 is 0 Å². The van der Waals surface area contributed by atoms with Crippen molar-refractivity contribution >= 4 is 8.03 Å². The molecule has 0 aliphatic heterocycles. The quantitative estimate of drug-likeness (QED) is 0.591. The summed E-state index contributed by atoms with van der Waals surface area (Å²) in [6, 6.07) is 1.93. The van der Waals surface area contributed by atoms with Gasteiger partial charge in [-0.3, -0.25) is 0 Å². The van der Waals surface area contributed by atoms with Gasteiger partial charge in [0.05, 0.1) is 6.61 Å². The maximum atomic E-state index is 10.9. The molecule has 0 aromatic rings. The monoisotopic (exact) mass is 160 g/mol. The topological polar surface area (TPSA) is 50.1 Å². The lowest BCUT2D eigenvalue weighted by Crippen LogP contribution is -1.97.